The Morgan fingerprint density at radius 1 is 1.80 bits per heavy atom. The van der Waals surface area contributed by atoms with Gasteiger partial charge < -0.3 is 15.9 Å². The standard InChI is InChI=1S/C5H12BN3O/c6-9-2-4(3-9)8-5(10)1-7/h4H,1-3,6-7H2,(H,8,10). The molecular weight excluding hydrogens is 129 g/mol. The second-order valence-corrected chi connectivity index (χ2v) is 2.69. The number of nitrogens with one attached hydrogen (secondary N) is 1. The third-order valence-electron chi connectivity index (χ3n) is 1.61. The summed E-state index contributed by atoms with van der Waals surface area (Å²) in [4.78, 5) is 12.8. The Labute approximate surface area is 61.2 Å². The van der Waals surface area contributed by atoms with Crippen LogP contribution in [0.4, 0.5) is 0 Å². The lowest BCUT2D eigenvalue weighted by molar-refractivity contribution is -0.121. The van der Waals surface area contributed by atoms with Gasteiger partial charge in [-0.3, -0.25) is 4.79 Å². The molecule has 0 atom stereocenters. The smallest absolute Gasteiger partial charge is 0.234 e. The second kappa shape index (κ2) is 3.03. The van der Waals surface area contributed by atoms with E-state index in [4.69, 9.17) is 5.73 Å². The van der Waals surface area contributed by atoms with Crippen molar-refractivity contribution in [3.63, 3.8) is 0 Å². The number of rotatable bonds is 2. The Kier molecular flexibility index (Phi) is 2.29. The molecule has 1 amide bonds. The monoisotopic (exact) mass is 141 g/mol. The lowest BCUT2D eigenvalue weighted by Crippen LogP contribution is -2.58. The van der Waals surface area contributed by atoms with Crippen molar-refractivity contribution in [3.05, 3.63) is 0 Å². The molecule has 4 nitrogen and oxygen atoms in total. The third-order valence-corrected chi connectivity index (χ3v) is 1.61. The number of carbonyl (C=O) groups is 1. The molecule has 56 valence electrons. The number of amides is 1. The van der Waals surface area contributed by atoms with Crippen LogP contribution in [0.1, 0.15) is 0 Å². The Morgan fingerprint density at radius 2 is 2.40 bits per heavy atom. The highest BCUT2D eigenvalue weighted by atomic mass is 16.1. The zero-order valence-electron chi connectivity index (χ0n) is 6.13. The van der Waals surface area contributed by atoms with E-state index >= 15 is 0 Å². The van der Waals surface area contributed by atoms with Gasteiger partial charge in [0.25, 0.3) is 0 Å². The summed E-state index contributed by atoms with van der Waals surface area (Å²) in [7, 11) is 2.02. The summed E-state index contributed by atoms with van der Waals surface area (Å²) >= 11 is 0. The third kappa shape index (κ3) is 1.72. The van der Waals surface area contributed by atoms with Crippen LogP contribution < -0.4 is 11.1 Å². The molecule has 1 saturated heterocycles. The van der Waals surface area contributed by atoms with Crippen LogP contribution in [0.5, 0.6) is 0 Å². The van der Waals surface area contributed by atoms with E-state index in [1.54, 1.807) is 0 Å². The molecule has 0 spiro atoms. The summed E-state index contributed by atoms with van der Waals surface area (Å²) in [5.74, 6) is -0.0573. The zero-order chi connectivity index (χ0) is 7.56. The van der Waals surface area contributed by atoms with Crippen molar-refractivity contribution < 1.29 is 4.79 Å². The van der Waals surface area contributed by atoms with Gasteiger partial charge in [0.2, 0.25) is 5.91 Å². The van der Waals surface area contributed by atoms with Gasteiger partial charge in [0.15, 0.2) is 7.98 Å². The first-order valence-corrected chi connectivity index (χ1v) is 3.40. The Bertz CT molecular complexity index is 135. The fourth-order valence-corrected chi connectivity index (χ4v) is 1.08. The Morgan fingerprint density at radius 3 is 2.80 bits per heavy atom. The summed E-state index contributed by atoms with van der Waals surface area (Å²) in [6.07, 6.45) is 0. The molecule has 3 N–H and O–H groups in total. The SMILES string of the molecule is BN1CC(NC(=O)CN)C1. The van der Waals surface area contributed by atoms with Crippen LogP contribution in [-0.4, -0.2) is 44.4 Å². The van der Waals surface area contributed by atoms with E-state index in [1.165, 1.54) is 0 Å². The Balaban J connectivity index is 2.10. The first-order valence-electron chi connectivity index (χ1n) is 3.40. The first-order chi connectivity index (χ1) is 4.72. The first kappa shape index (κ1) is 7.56. The molecule has 1 heterocycles. The molecule has 0 saturated carbocycles. The molecule has 1 aliphatic heterocycles. The maximum atomic E-state index is 10.7. The molecule has 0 radical (unpaired) electrons. The van der Waals surface area contributed by atoms with Crippen molar-refractivity contribution in [2.45, 2.75) is 6.04 Å². The second-order valence-electron chi connectivity index (χ2n) is 2.69. The number of hydrogen-bond donors (Lipinski definition) is 2. The fraction of sp³-hybridized carbons (Fsp3) is 0.800. The average Bonchev–Trinajstić information content (AvgIpc) is 1.84. The Hall–Kier alpha value is -0.545. The summed E-state index contributed by atoms with van der Waals surface area (Å²) in [5.41, 5.74) is 5.11. The highest BCUT2D eigenvalue weighted by molar-refractivity contribution is 6.05. The van der Waals surface area contributed by atoms with Crippen molar-refractivity contribution in [1.29, 1.82) is 0 Å². The van der Waals surface area contributed by atoms with E-state index in [0.717, 1.165) is 13.1 Å². The van der Waals surface area contributed by atoms with Crippen LogP contribution >= 0.6 is 0 Å². The lowest BCUT2D eigenvalue weighted by Gasteiger charge is -2.37. The van der Waals surface area contributed by atoms with E-state index in [1.807, 2.05) is 7.98 Å². The minimum Gasteiger partial charge on any atom is -0.350 e. The highest BCUT2D eigenvalue weighted by Crippen LogP contribution is 2.01. The molecule has 1 rings (SSSR count). The quantitative estimate of drug-likeness (QED) is 0.411. The van der Waals surface area contributed by atoms with Gasteiger partial charge in [-0.05, 0) is 0 Å². The number of hydrogen-bond acceptors (Lipinski definition) is 3. The van der Waals surface area contributed by atoms with E-state index < -0.39 is 0 Å². The van der Waals surface area contributed by atoms with E-state index in [2.05, 4.69) is 10.1 Å². The number of nitrogens with zero attached hydrogens (tertiary/aromatic N) is 1. The van der Waals surface area contributed by atoms with Crippen molar-refractivity contribution in [2.24, 2.45) is 5.73 Å². The van der Waals surface area contributed by atoms with Gasteiger partial charge in [-0.1, -0.05) is 0 Å². The number of nitrogens with two attached hydrogens (primary N) is 1. The normalized spacial score (nSPS) is 20.1. The maximum Gasteiger partial charge on any atom is 0.234 e. The largest absolute Gasteiger partial charge is 0.350 e. The lowest BCUT2D eigenvalue weighted by atomic mass is 10.0. The predicted molar refractivity (Wildman–Crippen MR) is 41.1 cm³/mol. The summed E-state index contributed by atoms with van der Waals surface area (Å²) < 4.78 is 0. The average molecular weight is 141 g/mol. The maximum absolute atomic E-state index is 10.7. The van der Waals surface area contributed by atoms with Crippen molar-refractivity contribution in [3.8, 4) is 0 Å². The molecular formula is C5H12BN3O. The van der Waals surface area contributed by atoms with E-state index in [-0.39, 0.29) is 12.5 Å². The van der Waals surface area contributed by atoms with Crippen LogP contribution in [-0.2, 0) is 4.79 Å². The van der Waals surface area contributed by atoms with Crippen LogP contribution in [0.3, 0.4) is 0 Å². The van der Waals surface area contributed by atoms with Gasteiger partial charge in [-0.15, -0.1) is 0 Å². The summed E-state index contributed by atoms with van der Waals surface area (Å²) in [6, 6.07) is 0.334. The predicted octanol–water partition coefficient (Wildman–Crippen LogP) is -2.71. The molecule has 0 aromatic rings. The van der Waals surface area contributed by atoms with Crippen LogP contribution in [0.15, 0.2) is 0 Å². The molecule has 0 bridgehead atoms. The van der Waals surface area contributed by atoms with Gasteiger partial charge in [0.1, 0.15) is 0 Å². The zero-order valence-corrected chi connectivity index (χ0v) is 6.13. The molecule has 5 heteroatoms. The summed E-state index contributed by atoms with van der Waals surface area (Å²) in [6.45, 7) is 2.00. The van der Waals surface area contributed by atoms with Gasteiger partial charge in [0.05, 0.1) is 12.6 Å². The topological polar surface area (TPSA) is 58.4 Å². The molecule has 0 aromatic carbocycles. The van der Waals surface area contributed by atoms with E-state index in [0.29, 0.717) is 6.04 Å². The molecule has 0 unspecified atom stereocenters. The molecule has 0 aliphatic carbocycles. The fourth-order valence-electron chi connectivity index (χ4n) is 1.08. The molecule has 0 aromatic heterocycles. The van der Waals surface area contributed by atoms with Crippen LogP contribution in [0, 0.1) is 0 Å². The van der Waals surface area contributed by atoms with Gasteiger partial charge in [-0.25, -0.2) is 0 Å². The van der Waals surface area contributed by atoms with Crippen LogP contribution in [0.2, 0.25) is 0 Å². The minimum atomic E-state index is -0.0573. The molecule has 10 heavy (non-hydrogen) atoms. The number of carbonyl (C=O) groups excluding carboxylic acids is 1. The van der Waals surface area contributed by atoms with E-state index in [9.17, 15) is 4.79 Å². The van der Waals surface area contributed by atoms with Gasteiger partial charge in [0, 0.05) is 13.1 Å². The molecule has 1 aliphatic rings. The van der Waals surface area contributed by atoms with Crippen LogP contribution in [0.25, 0.3) is 0 Å². The molecule has 1 fully saturated rings. The van der Waals surface area contributed by atoms with Crippen molar-refractivity contribution in [2.75, 3.05) is 19.6 Å². The van der Waals surface area contributed by atoms with Crippen molar-refractivity contribution in [1.82, 2.24) is 10.1 Å². The minimum absolute atomic E-state index is 0.0573. The summed E-state index contributed by atoms with van der Waals surface area (Å²) in [5, 5.41) is 2.79. The van der Waals surface area contributed by atoms with Gasteiger partial charge in [-0.2, -0.15) is 0 Å². The highest BCUT2D eigenvalue weighted by Gasteiger charge is 2.23. The van der Waals surface area contributed by atoms with Crippen molar-refractivity contribution >= 4 is 13.9 Å². The van der Waals surface area contributed by atoms with Gasteiger partial charge >= 0.3 is 0 Å².